The Balaban J connectivity index is 3.32. The highest BCUT2D eigenvalue weighted by atomic mass is 19.3. The summed E-state index contributed by atoms with van der Waals surface area (Å²) in [5.74, 6) is -14.3. The van der Waals surface area contributed by atoms with Crippen LogP contribution in [0.4, 0.5) is 35.1 Å². The van der Waals surface area contributed by atoms with Crippen molar-refractivity contribution in [2.24, 2.45) is 0 Å². The molecule has 0 heterocycles. The Morgan fingerprint density at radius 1 is 0.857 bits per heavy atom. The van der Waals surface area contributed by atoms with E-state index >= 15 is 0 Å². The number of hydrogen-bond donors (Lipinski definition) is 0. The molecule has 0 saturated heterocycles. The van der Waals surface area contributed by atoms with Crippen LogP contribution in [-0.2, 0) is 0 Å². The highest BCUT2D eigenvalue weighted by Gasteiger charge is 2.76. The summed E-state index contributed by atoms with van der Waals surface area (Å²) in [4.78, 5) is 0. The number of alkyl halides is 3. The first-order valence-corrected chi connectivity index (χ1v) is 3.01. The second-order valence-corrected chi connectivity index (χ2v) is 2.44. The lowest BCUT2D eigenvalue weighted by Crippen LogP contribution is -2.55. The molecule has 14 heavy (non-hydrogen) atoms. The molecule has 0 N–H and O–H groups in total. The first-order valence-electron chi connectivity index (χ1n) is 3.01. The van der Waals surface area contributed by atoms with Gasteiger partial charge in [0, 0.05) is 0 Å². The molecule has 1 atom stereocenters. The normalized spacial score (nSPS) is 30.0. The molecule has 1 aliphatic rings. The van der Waals surface area contributed by atoms with E-state index in [4.69, 9.17) is 0 Å². The fraction of sp³-hybridized carbons (Fsp3) is 0.333. The van der Waals surface area contributed by atoms with Gasteiger partial charge in [-0.05, 0) is 0 Å². The van der Waals surface area contributed by atoms with E-state index in [0.29, 0.717) is 0 Å². The summed E-state index contributed by atoms with van der Waals surface area (Å²) in [7, 11) is 0. The summed E-state index contributed by atoms with van der Waals surface area (Å²) in [6, 6.07) is 0. The molecule has 80 valence electrons. The van der Waals surface area contributed by atoms with E-state index < -0.39 is 35.2 Å². The Labute approximate surface area is 71.5 Å². The second-order valence-electron chi connectivity index (χ2n) is 2.44. The number of hydrogen-bond acceptors (Lipinski definition) is 0. The van der Waals surface area contributed by atoms with Gasteiger partial charge in [-0.25, -0.2) is 17.6 Å². The van der Waals surface area contributed by atoms with Gasteiger partial charge in [-0.1, -0.05) is 0 Å². The standard InChI is InChI=1S/C6F8/c7-1-2(8)6(13,14)5(1,12)3(9)4(10)11. The van der Waals surface area contributed by atoms with Crippen LogP contribution in [0.3, 0.4) is 0 Å². The third-order valence-electron chi connectivity index (χ3n) is 1.67. The number of allylic oxidation sites excluding steroid dienone is 3. The summed E-state index contributed by atoms with van der Waals surface area (Å²) < 4.78 is 95.9. The van der Waals surface area contributed by atoms with Gasteiger partial charge in [0.1, 0.15) is 0 Å². The largest absolute Gasteiger partial charge is 0.348 e. The van der Waals surface area contributed by atoms with Crippen LogP contribution >= 0.6 is 0 Å². The predicted molar refractivity (Wildman–Crippen MR) is 28.4 cm³/mol. The van der Waals surface area contributed by atoms with E-state index in [2.05, 4.69) is 0 Å². The van der Waals surface area contributed by atoms with Crippen LogP contribution in [0.25, 0.3) is 0 Å². The third-order valence-corrected chi connectivity index (χ3v) is 1.67. The molecule has 0 aliphatic heterocycles. The molecule has 8 heteroatoms. The predicted octanol–water partition coefficient (Wildman–Crippen LogP) is 3.57. The molecule has 0 saturated carbocycles. The SMILES string of the molecule is FC(F)=C(F)C1(F)C(F)=C(F)C1(F)F. The Kier molecular flexibility index (Phi) is 2.13. The molecule has 0 aromatic rings. The van der Waals surface area contributed by atoms with Crippen LogP contribution < -0.4 is 0 Å². The fourth-order valence-electron chi connectivity index (χ4n) is 0.880. The molecule has 0 bridgehead atoms. The molecule has 1 rings (SSSR count). The van der Waals surface area contributed by atoms with Gasteiger partial charge in [0.2, 0.25) is 11.7 Å². The molecule has 0 aromatic heterocycles. The van der Waals surface area contributed by atoms with Gasteiger partial charge >= 0.3 is 12.0 Å². The quantitative estimate of drug-likeness (QED) is 0.597. The van der Waals surface area contributed by atoms with Gasteiger partial charge in [0.15, 0.2) is 5.83 Å². The molecule has 0 fully saturated rings. The molecule has 0 spiro atoms. The van der Waals surface area contributed by atoms with Crippen LogP contribution in [-0.4, -0.2) is 11.6 Å². The lowest BCUT2D eigenvalue weighted by atomic mass is 9.83. The maximum Gasteiger partial charge on any atom is 0.348 e. The molecule has 0 nitrogen and oxygen atoms in total. The average molecular weight is 224 g/mol. The summed E-state index contributed by atoms with van der Waals surface area (Å²) in [6.07, 6.45) is -3.46. The minimum Gasteiger partial charge on any atom is -0.221 e. The third kappa shape index (κ3) is 0.934. The van der Waals surface area contributed by atoms with Gasteiger partial charge in [0.25, 0.3) is 5.67 Å². The van der Waals surface area contributed by atoms with E-state index in [1.807, 2.05) is 0 Å². The van der Waals surface area contributed by atoms with Crippen molar-refractivity contribution in [3.05, 3.63) is 23.6 Å². The summed E-state index contributed by atoms with van der Waals surface area (Å²) in [5, 5.41) is 0. The zero-order chi connectivity index (χ0) is 11.3. The molecule has 0 radical (unpaired) electrons. The maximum atomic E-state index is 12.6. The van der Waals surface area contributed by atoms with Crippen molar-refractivity contribution >= 4 is 0 Å². The first kappa shape index (κ1) is 11.0. The Bertz CT molecular complexity index is 336. The molecule has 0 amide bonds. The average Bonchev–Trinajstić information content (AvgIpc) is 2.12. The van der Waals surface area contributed by atoms with Crippen molar-refractivity contribution in [1.82, 2.24) is 0 Å². The summed E-state index contributed by atoms with van der Waals surface area (Å²) in [6.45, 7) is 0. The van der Waals surface area contributed by atoms with Gasteiger partial charge in [-0.2, -0.15) is 17.6 Å². The highest BCUT2D eigenvalue weighted by molar-refractivity contribution is 5.46. The number of rotatable bonds is 1. The second kappa shape index (κ2) is 2.71. The minimum absolute atomic E-state index is 2.87. The zero-order valence-electron chi connectivity index (χ0n) is 6.02. The Morgan fingerprint density at radius 2 is 1.29 bits per heavy atom. The summed E-state index contributed by atoms with van der Waals surface area (Å²) >= 11 is 0. The monoisotopic (exact) mass is 224 g/mol. The molecular formula is C6F8. The lowest BCUT2D eigenvalue weighted by molar-refractivity contribution is -0.142. The van der Waals surface area contributed by atoms with Gasteiger partial charge in [0.05, 0.1) is 0 Å². The molecule has 0 aromatic carbocycles. The molecular weight excluding hydrogens is 224 g/mol. The number of halogens is 8. The van der Waals surface area contributed by atoms with Gasteiger partial charge in [-0.15, -0.1) is 0 Å². The smallest absolute Gasteiger partial charge is 0.221 e. The van der Waals surface area contributed by atoms with Crippen LogP contribution in [0, 0.1) is 0 Å². The zero-order valence-corrected chi connectivity index (χ0v) is 6.02. The fourth-order valence-corrected chi connectivity index (χ4v) is 0.880. The Hall–Kier alpha value is -1.08. The molecule has 1 unspecified atom stereocenters. The van der Waals surface area contributed by atoms with Gasteiger partial charge in [-0.3, -0.25) is 0 Å². The van der Waals surface area contributed by atoms with Crippen LogP contribution in [0.1, 0.15) is 0 Å². The van der Waals surface area contributed by atoms with E-state index in [9.17, 15) is 35.1 Å². The van der Waals surface area contributed by atoms with Crippen molar-refractivity contribution in [2.45, 2.75) is 11.6 Å². The highest BCUT2D eigenvalue weighted by Crippen LogP contribution is 2.59. The topological polar surface area (TPSA) is 0 Å². The van der Waals surface area contributed by atoms with Crippen molar-refractivity contribution in [2.75, 3.05) is 0 Å². The van der Waals surface area contributed by atoms with Crippen molar-refractivity contribution in [3.63, 3.8) is 0 Å². The van der Waals surface area contributed by atoms with Crippen LogP contribution in [0.5, 0.6) is 0 Å². The minimum atomic E-state index is -5.23. The molecule has 1 aliphatic carbocycles. The van der Waals surface area contributed by atoms with Gasteiger partial charge < -0.3 is 0 Å². The Morgan fingerprint density at radius 3 is 1.57 bits per heavy atom. The first-order chi connectivity index (χ1) is 6.17. The van der Waals surface area contributed by atoms with Crippen LogP contribution in [0.15, 0.2) is 23.6 Å². The van der Waals surface area contributed by atoms with E-state index in [0.717, 1.165) is 0 Å². The van der Waals surface area contributed by atoms with Crippen molar-refractivity contribution in [3.8, 4) is 0 Å². The summed E-state index contributed by atoms with van der Waals surface area (Å²) in [5.41, 5.74) is -5.00. The van der Waals surface area contributed by atoms with Crippen molar-refractivity contribution < 1.29 is 35.1 Å². The lowest BCUT2D eigenvalue weighted by Gasteiger charge is -2.36. The van der Waals surface area contributed by atoms with Crippen molar-refractivity contribution in [1.29, 1.82) is 0 Å². The van der Waals surface area contributed by atoms with E-state index in [1.165, 1.54) is 0 Å². The van der Waals surface area contributed by atoms with E-state index in [1.54, 1.807) is 0 Å². The van der Waals surface area contributed by atoms with E-state index in [-0.39, 0.29) is 0 Å². The maximum absolute atomic E-state index is 12.6. The van der Waals surface area contributed by atoms with Crippen LogP contribution in [0.2, 0.25) is 0 Å².